The predicted molar refractivity (Wildman–Crippen MR) is 76.7 cm³/mol. The molecule has 21 heavy (non-hydrogen) atoms. The van der Waals surface area contributed by atoms with Gasteiger partial charge in [-0.3, -0.25) is 0 Å². The Morgan fingerprint density at radius 2 is 1.71 bits per heavy atom. The molecule has 0 saturated heterocycles. The Morgan fingerprint density at radius 1 is 1.05 bits per heavy atom. The third-order valence-corrected chi connectivity index (χ3v) is 3.01. The standard InChI is InChI=1S/C16H16O5/c1-20-14-7-4-12(9-17)8-15(14)21-10-11-2-5-13(6-3-11)16(18)19/h2-8,17H,9-10H2,1H3,(H,18,19). The van der Waals surface area contributed by atoms with Crippen molar-refractivity contribution in [1.29, 1.82) is 0 Å². The van der Waals surface area contributed by atoms with Crippen LogP contribution in [-0.2, 0) is 13.2 Å². The molecule has 0 unspecified atom stereocenters. The van der Waals surface area contributed by atoms with E-state index < -0.39 is 5.97 Å². The average Bonchev–Trinajstić information content (AvgIpc) is 2.52. The number of benzene rings is 2. The zero-order chi connectivity index (χ0) is 15.2. The fraction of sp³-hybridized carbons (Fsp3) is 0.188. The summed E-state index contributed by atoms with van der Waals surface area (Å²) in [6.45, 7) is 0.207. The van der Waals surface area contributed by atoms with E-state index in [1.165, 1.54) is 12.1 Å². The Bertz CT molecular complexity index is 619. The number of rotatable bonds is 6. The maximum absolute atomic E-state index is 10.8. The molecule has 0 fully saturated rings. The maximum atomic E-state index is 10.8. The summed E-state index contributed by atoms with van der Waals surface area (Å²) in [4.78, 5) is 10.8. The Hall–Kier alpha value is -2.53. The van der Waals surface area contributed by atoms with E-state index in [0.717, 1.165) is 11.1 Å². The molecular weight excluding hydrogens is 272 g/mol. The van der Waals surface area contributed by atoms with E-state index in [0.29, 0.717) is 11.5 Å². The smallest absolute Gasteiger partial charge is 0.335 e. The van der Waals surface area contributed by atoms with Gasteiger partial charge in [-0.25, -0.2) is 4.79 Å². The lowest BCUT2D eigenvalue weighted by Gasteiger charge is -2.12. The number of carbonyl (C=O) groups is 1. The Kier molecular flexibility index (Phi) is 4.79. The van der Waals surface area contributed by atoms with Crippen molar-refractivity contribution in [2.75, 3.05) is 7.11 Å². The van der Waals surface area contributed by atoms with Gasteiger partial charge in [0.2, 0.25) is 0 Å². The molecule has 0 spiro atoms. The molecule has 0 amide bonds. The molecule has 0 aromatic heterocycles. The normalized spacial score (nSPS) is 10.2. The minimum absolute atomic E-state index is 0.0757. The van der Waals surface area contributed by atoms with Gasteiger partial charge in [-0.2, -0.15) is 0 Å². The quantitative estimate of drug-likeness (QED) is 0.854. The fourth-order valence-corrected chi connectivity index (χ4v) is 1.84. The lowest BCUT2D eigenvalue weighted by molar-refractivity contribution is 0.0697. The van der Waals surface area contributed by atoms with Crippen molar-refractivity contribution >= 4 is 5.97 Å². The van der Waals surface area contributed by atoms with Gasteiger partial charge in [-0.15, -0.1) is 0 Å². The van der Waals surface area contributed by atoms with Crippen molar-refractivity contribution in [3.8, 4) is 11.5 Å². The highest BCUT2D eigenvalue weighted by Crippen LogP contribution is 2.28. The molecule has 110 valence electrons. The summed E-state index contributed by atoms with van der Waals surface area (Å²) in [5.74, 6) is 0.153. The van der Waals surface area contributed by atoms with Gasteiger partial charge in [0.1, 0.15) is 6.61 Å². The zero-order valence-electron chi connectivity index (χ0n) is 11.6. The van der Waals surface area contributed by atoms with Crippen LogP contribution in [0.5, 0.6) is 11.5 Å². The van der Waals surface area contributed by atoms with Gasteiger partial charge in [0.15, 0.2) is 11.5 Å². The van der Waals surface area contributed by atoms with Crippen LogP contribution in [0.2, 0.25) is 0 Å². The van der Waals surface area contributed by atoms with Crippen LogP contribution in [0, 0.1) is 0 Å². The Balaban J connectivity index is 2.10. The van der Waals surface area contributed by atoms with E-state index in [-0.39, 0.29) is 18.8 Å². The second-order valence-electron chi connectivity index (χ2n) is 4.43. The van der Waals surface area contributed by atoms with E-state index in [4.69, 9.17) is 19.7 Å². The third-order valence-electron chi connectivity index (χ3n) is 3.01. The average molecular weight is 288 g/mol. The van der Waals surface area contributed by atoms with Gasteiger partial charge in [0.25, 0.3) is 0 Å². The van der Waals surface area contributed by atoms with Crippen molar-refractivity contribution in [1.82, 2.24) is 0 Å². The molecule has 0 bridgehead atoms. The van der Waals surface area contributed by atoms with Crippen molar-refractivity contribution in [3.05, 3.63) is 59.2 Å². The minimum Gasteiger partial charge on any atom is -0.493 e. The lowest BCUT2D eigenvalue weighted by Crippen LogP contribution is -2.00. The van der Waals surface area contributed by atoms with Crippen LogP contribution in [0.1, 0.15) is 21.5 Å². The molecule has 2 rings (SSSR count). The van der Waals surface area contributed by atoms with E-state index in [9.17, 15) is 4.79 Å². The highest BCUT2D eigenvalue weighted by atomic mass is 16.5. The Labute approximate surface area is 122 Å². The summed E-state index contributed by atoms with van der Waals surface area (Å²) in [6.07, 6.45) is 0. The van der Waals surface area contributed by atoms with Crippen LogP contribution in [0.25, 0.3) is 0 Å². The zero-order valence-corrected chi connectivity index (χ0v) is 11.6. The number of ether oxygens (including phenoxy) is 2. The number of methoxy groups -OCH3 is 1. The predicted octanol–water partition coefficient (Wildman–Crippen LogP) is 2.46. The number of hydrogen-bond acceptors (Lipinski definition) is 4. The number of aliphatic hydroxyl groups is 1. The summed E-state index contributed by atoms with van der Waals surface area (Å²) >= 11 is 0. The van der Waals surface area contributed by atoms with Crippen molar-refractivity contribution in [2.45, 2.75) is 13.2 Å². The lowest BCUT2D eigenvalue weighted by atomic mass is 10.1. The molecule has 0 heterocycles. The summed E-state index contributed by atoms with van der Waals surface area (Å²) in [7, 11) is 1.54. The first-order chi connectivity index (χ1) is 10.1. The Morgan fingerprint density at radius 3 is 2.29 bits per heavy atom. The van der Waals surface area contributed by atoms with Crippen molar-refractivity contribution in [3.63, 3.8) is 0 Å². The molecule has 0 aliphatic rings. The third kappa shape index (κ3) is 3.73. The first kappa shape index (κ1) is 14.9. The summed E-state index contributed by atoms with van der Waals surface area (Å²) < 4.78 is 10.9. The molecule has 0 radical (unpaired) electrons. The van der Waals surface area contributed by atoms with E-state index in [1.54, 1.807) is 37.4 Å². The number of hydrogen-bond donors (Lipinski definition) is 2. The van der Waals surface area contributed by atoms with Crippen LogP contribution in [0.3, 0.4) is 0 Å². The molecule has 0 aliphatic carbocycles. The molecule has 0 saturated carbocycles. The number of carboxylic acid groups (broad SMARTS) is 1. The molecule has 0 aliphatic heterocycles. The van der Waals surface area contributed by atoms with E-state index in [2.05, 4.69) is 0 Å². The van der Waals surface area contributed by atoms with Gasteiger partial charge in [0, 0.05) is 0 Å². The van der Waals surface area contributed by atoms with E-state index >= 15 is 0 Å². The monoisotopic (exact) mass is 288 g/mol. The second kappa shape index (κ2) is 6.76. The first-order valence-corrected chi connectivity index (χ1v) is 6.37. The number of carboxylic acids is 1. The van der Waals surface area contributed by atoms with Crippen LogP contribution in [0.4, 0.5) is 0 Å². The fourth-order valence-electron chi connectivity index (χ4n) is 1.84. The van der Waals surface area contributed by atoms with Crippen LogP contribution >= 0.6 is 0 Å². The summed E-state index contributed by atoms with van der Waals surface area (Å²) in [6, 6.07) is 11.7. The molecule has 2 aromatic rings. The van der Waals surface area contributed by atoms with Crippen LogP contribution in [-0.4, -0.2) is 23.3 Å². The first-order valence-electron chi connectivity index (χ1n) is 6.37. The van der Waals surface area contributed by atoms with Gasteiger partial charge in [-0.1, -0.05) is 18.2 Å². The SMILES string of the molecule is COc1ccc(CO)cc1OCc1ccc(C(=O)O)cc1. The highest BCUT2D eigenvalue weighted by Gasteiger charge is 2.07. The summed E-state index contributed by atoms with van der Waals surface area (Å²) in [5, 5.41) is 18.0. The minimum atomic E-state index is -0.959. The molecule has 2 N–H and O–H groups in total. The second-order valence-corrected chi connectivity index (χ2v) is 4.43. The van der Waals surface area contributed by atoms with Gasteiger partial charge < -0.3 is 19.7 Å². The van der Waals surface area contributed by atoms with Crippen molar-refractivity contribution < 1.29 is 24.5 Å². The van der Waals surface area contributed by atoms with Crippen molar-refractivity contribution in [2.24, 2.45) is 0 Å². The van der Waals surface area contributed by atoms with Gasteiger partial charge >= 0.3 is 5.97 Å². The van der Waals surface area contributed by atoms with Crippen LogP contribution in [0.15, 0.2) is 42.5 Å². The molecular formula is C16H16O5. The molecule has 5 heteroatoms. The van der Waals surface area contributed by atoms with E-state index in [1.807, 2.05) is 0 Å². The highest BCUT2D eigenvalue weighted by molar-refractivity contribution is 5.87. The number of aromatic carboxylic acids is 1. The maximum Gasteiger partial charge on any atom is 0.335 e. The molecule has 0 atom stereocenters. The largest absolute Gasteiger partial charge is 0.493 e. The van der Waals surface area contributed by atoms with Gasteiger partial charge in [-0.05, 0) is 35.4 Å². The number of aliphatic hydroxyl groups excluding tert-OH is 1. The van der Waals surface area contributed by atoms with Gasteiger partial charge in [0.05, 0.1) is 19.3 Å². The summed E-state index contributed by atoms with van der Waals surface area (Å²) in [5.41, 5.74) is 1.81. The topological polar surface area (TPSA) is 76.0 Å². The molecule has 5 nitrogen and oxygen atoms in total. The molecule has 2 aromatic carbocycles. The van der Waals surface area contributed by atoms with Crippen LogP contribution < -0.4 is 9.47 Å².